The van der Waals surface area contributed by atoms with E-state index in [9.17, 15) is 14.3 Å². The van der Waals surface area contributed by atoms with E-state index < -0.39 is 6.10 Å². The highest BCUT2D eigenvalue weighted by atomic mass is 19.1. The second-order valence-corrected chi connectivity index (χ2v) is 9.74. The normalized spacial score (nSPS) is 19.9. The first kappa shape index (κ1) is 20.9. The van der Waals surface area contributed by atoms with Gasteiger partial charge in [-0.3, -0.25) is 4.79 Å². The fraction of sp³-hybridized carbons (Fsp3) is 0.444. The number of hydrogen-bond acceptors (Lipinski definition) is 4. The quantitative estimate of drug-likeness (QED) is 0.614. The topological polar surface area (TPSA) is 56.9 Å². The van der Waals surface area contributed by atoms with Crippen molar-refractivity contribution < 1.29 is 18.7 Å². The van der Waals surface area contributed by atoms with Crippen LogP contribution in [0.5, 0.6) is 0 Å². The van der Waals surface area contributed by atoms with E-state index in [1.54, 1.807) is 6.26 Å². The third-order valence-corrected chi connectivity index (χ3v) is 7.77. The highest BCUT2D eigenvalue weighted by Gasteiger charge is 2.32. The van der Waals surface area contributed by atoms with E-state index in [2.05, 4.69) is 17.0 Å². The van der Waals surface area contributed by atoms with Gasteiger partial charge in [-0.2, -0.15) is 0 Å². The lowest BCUT2D eigenvalue weighted by atomic mass is 9.89. The van der Waals surface area contributed by atoms with Gasteiger partial charge in [0.25, 0.3) is 0 Å². The molecule has 6 rings (SSSR count). The van der Waals surface area contributed by atoms with E-state index in [4.69, 9.17) is 4.42 Å². The summed E-state index contributed by atoms with van der Waals surface area (Å²) in [4.78, 5) is 16.5. The molecule has 0 saturated carbocycles. The van der Waals surface area contributed by atoms with Crippen molar-refractivity contribution in [3.63, 3.8) is 0 Å². The van der Waals surface area contributed by atoms with Gasteiger partial charge >= 0.3 is 0 Å². The first-order valence-electron chi connectivity index (χ1n) is 12.1. The molecule has 0 bridgehead atoms. The Kier molecular flexibility index (Phi) is 5.23. The SMILES string of the molecule is O=C1CCc2cc(C(O)CCN3CCC(c4coc5cc(F)ccc45)CC3)cc3c2N1CC3. The first-order valence-corrected chi connectivity index (χ1v) is 12.1. The molecule has 1 fully saturated rings. The van der Waals surface area contributed by atoms with E-state index in [-0.39, 0.29) is 11.7 Å². The zero-order valence-electron chi connectivity index (χ0n) is 18.7. The Morgan fingerprint density at radius 1 is 1.06 bits per heavy atom. The molecule has 2 aromatic carbocycles. The standard InChI is InChI=1S/C27H29FN2O3/c28-21-2-3-22-23(16-33-25(22)15-21)17-5-9-29(10-6-17)11-8-24(31)20-13-18-1-4-26(32)30-12-7-19(14-20)27(18)30/h2-3,13-17,24,31H,1,4-12H2. The number of likely N-dealkylation sites (tertiary alicyclic amines) is 1. The number of hydrogen-bond donors (Lipinski definition) is 1. The van der Waals surface area contributed by atoms with Crippen LogP contribution >= 0.6 is 0 Å². The van der Waals surface area contributed by atoms with Crippen LogP contribution in [0.1, 0.15) is 60.0 Å². The van der Waals surface area contributed by atoms with Crippen LogP contribution in [0.2, 0.25) is 0 Å². The number of rotatable bonds is 5. The third-order valence-electron chi connectivity index (χ3n) is 7.77. The lowest BCUT2D eigenvalue weighted by Gasteiger charge is -2.32. The molecule has 6 heteroatoms. The van der Waals surface area contributed by atoms with Gasteiger partial charge in [-0.05, 0) is 79.9 Å². The minimum atomic E-state index is -0.483. The molecule has 1 amide bonds. The maximum Gasteiger partial charge on any atom is 0.227 e. The van der Waals surface area contributed by atoms with Crippen molar-refractivity contribution in [3.8, 4) is 0 Å². The van der Waals surface area contributed by atoms with Crippen LogP contribution in [0.15, 0.2) is 41.0 Å². The van der Waals surface area contributed by atoms with Crippen LogP contribution < -0.4 is 4.90 Å². The van der Waals surface area contributed by atoms with E-state index in [1.165, 1.54) is 28.8 Å². The molecule has 3 aliphatic rings. The van der Waals surface area contributed by atoms with E-state index in [0.717, 1.165) is 68.5 Å². The summed E-state index contributed by atoms with van der Waals surface area (Å²) in [7, 11) is 0. The van der Waals surface area contributed by atoms with Crippen LogP contribution in [0.3, 0.4) is 0 Å². The zero-order chi connectivity index (χ0) is 22.5. The number of carbonyl (C=O) groups is 1. The molecule has 0 spiro atoms. The molecule has 3 aromatic rings. The predicted octanol–water partition coefficient (Wildman–Crippen LogP) is 4.71. The molecule has 0 aliphatic carbocycles. The third kappa shape index (κ3) is 3.75. The van der Waals surface area contributed by atoms with E-state index in [1.807, 2.05) is 11.0 Å². The number of furan rings is 1. The number of carbonyl (C=O) groups excluding carboxylic acids is 1. The second-order valence-electron chi connectivity index (χ2n) is 9.74. The number of halogens is 1. The van der Waals surface area contributed by atoms with Gasteiger partial charge < -0.3 is 19.3 Å². The summed E-state index contributed by atoms with van der Waals surface area (Å²) in [5.41, 5.74) is 6.33. The number of aliphatic hydroxyl groups is 1. The summed E-state index contributed by atoms with van der Waals surface area (Å²) in [6.45, 7) is 3.61. The van der Waals surface area contributed by atoms with Crippen molar-refractivity contribution in [2.75, 3.05) is 31.1 Å². The number of fused-ring (bicyclic) bond motifs is 1. The number of amides is 1. The van der Waals surface area contributed by atoms with Crippen molar-refractivity contribution >= 4 is 22.6 Å². The van der Waals surface area contributed by atoms with Crippen LogP contribution in [0, 0.1) is 5.82 Å². The lowest BCUT2D eigenvalue weighted by Crippen LogP contribution is -2.34. The van der Waals surface area contributed by atoms with Gasteiger partial charge in [0.2, 0.25) is 5.91 Å². The van der Waals surface area contributed by atoms with Gasteiger partial charge in [-0.1, -0.05) is 12.1 Å². The summed E-state index contributed by atoms with van der Waals surface area (Å²) >= 11 is 0. The number of benzene rings is 2. The van der Waals surface area contributed by atoms with Crippen LogP contribution in [0.4, 0.5) is 10.1 Å². The summed E-state index contributed by atoms with van der Waals surface area (Å²) in [6, 6.07) is 9.01. The monoisotopic (exact) mass is 448 g/mol. The Morgan fingerprint density at radius 2 is 1.85 bits per heavy atom. The molecule has 1 atom stereocenters. The smallest absolute Gasteiger partial charge is 0.227 e. The summed E-state index contributed by atoms with van der Waals surface area (Å²) in [5, 5.41) is 12.0. The van der Waals surface area contributed by atoms with Crippen molar-refractivity contribution in [2.45, 2.75) is 50.5 Å². The molecule has 4 heterocycles. The maximum atomic E-state index is 13.5. The van der Waals surface area contributed by atoms with Crippen molar-refractivity contribution in [3.05, 3.63) is 64.7 Å². The molecule has 1 N–H and O–H groups in total. The van der Waals surface area contributed by atoms with Gasteiger partial charge in [-0.25, -0.2) is 4.39 Å². The van der Waals surface area contributed by atoms with Crippen molar-refractivity contribution in [1.82, 2.24) is 4.90 Å². The number of aryl methyl sites for hydroxylation is 1. The molecular weight excluding hydrogens is 419 g/mol. The van der Waals surface area contributed by atoms with Crippen LogP contribution in [0.25, 0.3) is 11.0 Å². The largest absolute Gasteiger partial charge is 0.464 e. The van der Waals surface area contributed by atoms with Crippen molar-refractivity contribution in [2.24, 2.45) is 0 Å². The number of aliphatic hydroxyl groups excluding tert-OH is 1. The molecule has 0 radical (unpaired) electrons. The lowest BCUT2D eigenvalue weighted by molar-refractivity contribution is -0.118. The molecule has 172 valence electrons. The number of piperidine rings is 1. The molecule has 1 unspecified atom stereocenters. The molecular formula is C27H29FN2O3. The molecule has 3 aliphatic heterocycles. The predicted molar refractivity (Wildman–Crippen MR) is 125 cm³/mol. The minimum absolute atomic E-state index is 0.230. The fourth-order valence-corrected chi connectivity index (χ4v) is 5.96. The van der Waals surface area contributed by atoms with Gasteiger partial charge in [0, 0.05) is 36.5 Å². The molecule has 33 heavy (non-hydrogen) atoms. The minimum Gasteiger partial charge on any atom is -0.464 e. The second kappa shape index (κ2) is 8.26. The highest BCUT2D eigenvalue weighted by Crippen LogP contribution is 2.39. The summed E-state index contributed by atoms with van der Waals surface area (Å²) in [6.07, 6.45) is 6.33. The Bertz CT molecular complexity index is 1210. The fourth-order valence-electron chi connectivity index (χ4n) is 5.96. The highest BCUT2D eigenvalue weighted by molar-refractivity contribution is 5.98. The maximum absolute atomic E-state index is 13.5. The summed E-state index contributed by atoms with van der Waals surface area (Å²) < 4.78 is 19.0. The van der Waals surface area contributed by atoms with Crippen LogP contribution in [-0.2, 0) is 17.6 Å². The van der Waals surface area contributed by atoms with E-state index >= 15 is 0 Å². The number of anilines is 1. The van der Waals surface area contributed by atoms with Gasteiger partial charge in [-0.15, -0.1) is 0 Å². The zero-order valence-corrected chi connectivity index (χ0v) is 18.7. The molecule has 5 nitrogen and oxygen atoms in total. The Labute approximate surface area is 192 Å². The summed E-state index contributed by atoms with van der Waals surface area (Å²) in [5.74, 6) is 0.386. The van der Waals surface area contributed by atoms with Gasteiger partial charge in [0.15, 0.2) is 0 Å². The molecule has 1 saturated heterocycles. The number of nitrogens with zero attached hydrogens (tertiary/aromatic N) is 2. The first-order chi connectivity index (χ1) is 16.1. The van der Waals surface area contributed by atoms with Gasteiger partial charge in [0.1, 0.15) is 11.4 Å². The Balaban J connectivity index is 1.07. The molecule has 1 aromatic heterocycles. The van der Waals surface area contributed by atoms with Gasteiger partial charge in [0.05, 0.1) is 18.1 Å². The Morgan fingerprint density at radius 3 is 2.67 bits per heavy atom. The van der Waals surface area contributed by atoms with E-state index in [0.29, 0.717) is 24.3 Å². The average molecular weight is 449 g/mol. The average Bonchev–Trinajstić information content (AvgIpc) is 3.45. The Hall–Kier alpha value is -2.70. The van der Waals surface area contributed by atoms with Crippen LogP contribution in [-0.4, -0.2) is 42.1 Å². The van der Waals surface area contributed by atoms with Crippen molar-refractivity contribution in [1.29, 1.82) is 0 Å².